The molecule has 84 valence electrons. The van der Waals surface area contributed by atoms with Crippen molar-refractivity contribution in [1.29, 1.82) is 0 Å². The van der Waals surface area contributed by atoms with Crippen LogP contribution in [0.2, 0.25) is 0 Å². The minimum atomic E-state index is -4.82. The number of carbonyl (C=O) groups excluding carboxylic acids is 1. The molecular weight excluding hydrogens is 219 g/mol. The van der Waals surface area contributed by atoms with Crippen molar-refractivity contribution >= 4 is 16.7 Å². The molecule has 0 aliphatic heterocycles. The van der Waals surface area contributed by atoms with Crippen LogP contribution in [0.5, 0.6) is 0 Å². The van der Waals surface area contributed by atoms with E-state index in [1.165, 1.54) is 18.2 Å². The molecule has 0 saturated heterocycles. The van der Waals surface area contributed by atoms with Crippen LogP contribution < -0.4 is 0 Å². The maximum Gasteiger partial charge on any atom is 0.454 e. The molecular formula is C11H8F3NO. The van der Waals surface area contributed by atoms with Crippen LogP contribution in [0, 0.1) is 6.92 Å². The van der Waals surface area contributed by atoms with Crippen LogP contribution in [-0.4, -0.2) is 16.9 Å². The van der Waals surface area contributed by atoms with E-state index in [-0.39, 0.29) is 5.56 Å². The zero-order valence-corrected chi connectivity index (χ0v) is 8.35. The topological polar surface area (TPSA) is 32.9 Å². The Balaban J connectivity index is 2.51. The van der Waals surface area contributed by atoms with Crippen LogP contribution in [0.3, 0.4) is 0 Å². The first-order valence-corrected chi connectivity index (χ1v) is 4.59. The van der Waals surface area contributed by atoms with E-state index in [1.807, 2.05) is 0 Å². The number of Topliss-reactive ketones (excluding diaryl/α,β-unsaturated/α-hetero) is 1. The Bertz CT molecular complexity index is 554. The van der Waals surface area contributed by atoms with Crippen molar-refractivity contribution in [3.8, 4) is 0 Å². The van der Waals surface area contributed by atoms with E-state index in [9.17, 15) is 18.0 Å². The van der Waals surface area contributed by atoms with Crippen LogP contribution in [0.15, 0.2) is 24.3 Å². The van der Waals surface area contributed by atoms with Gasteiger partial charge in [0.15, 0.2) is 0 Å². The molecule has 2 aromatic rings. The van der Waals surface area contributed by atoms with Crippen molar-refractivity contribution in [1.82, 2.24) is 4.98 Å². The molecule has 1 aromatic carbocycles. The lowest BCUT2D eigenvalue weighted by atomic mass is 10.1. The SMILES string of the molecule is Cc1cc2ccc(C(=O)C(F)(F)F)cc2[nH]1. The van der Waals surface area contributed by atoms with Gasteiger partial charge in [0.25, 0.3) is 5.78 Å². The number of carbonyl (C=O) groups is 1. The quantitative estimate of drug-likeness (QED) is 0.745. The molecule has 2 nitrogen and oxygen atoms in total. The lowest BCUT2D eigenvalue weighted by molar-refractivity contribution is -0.0885. The van der Waals surface area contributed by atoms with E-state index < -0.39 is 12.0 Å². The molecule has 0 saturated carbocycles. The van der Waals surface area contributed by atoms with Gasteiger partial charge in [-0.05, 0) is 24.4 Å². The van der Waals surface area contributed by atoms with Crippen molar-refractivity contribution in [2.75, 3.05) is 0 Å². The zero-order chi connectivity index (χ0) is 11.9. The highest BCUT2D eigenvalue weighted by molar-refractivity contribution is 6.02. The number of aromatic amines is 1. The predicted molar refractivity (Wildman–Crippen MR) is 53.4 cm³/mol. The Hall–Kier alpha value is -1.78. The standard InChI is InChI=1S/C11H8F3NO/c1-6-4-7-2-3-8(5-9(7)15-6)10(16)11(12,13)14/h2-5,15H,1H3. The normalized spacial score (nSPS) is 12.0. The van der Waals surface area contributed by atoms with Crippen molar-refractivity contribution in [2.24, 2.45) is 0 Å². The summed E-state index contributed by atoms with van der Waals surface area (Å²) in [6, 6.07) is 5.71. The van der Waals surface area contributed by atoms with E-state index in [1.54, 1.807) is 13.0 Å². The van der Waals surface area contributed by atoms with Gasteiger partial charge in [0.2, 0.25) is 0 Å². The number of ketones is 1. The predicted octanol–water partition coefficient (Wildman–Crippen LogP) is 3.22. The molecule has 0 radical (unpaired) electrons. The molecule has 0 aliphatic rings. The van der Waals surface area contributed by atoms with E-state index in [2.05, 4.69) is 4.98 Å². The number of aryl methyl sites for hydroxylation is 1. The summed E-state index contributed by atoms with van der Waals surface area (Å²) in [5, 5.41) is 0.788. The van der Waals surface area contributed by atoms with Gasteiger partial charge in [-0.3, -0.25) is 4.79 Å². The van der Waals surface area contributed by atoms with Gasteiger partial charge in [-0.25, -0.2) is 0 Å². The average molecular weight is 227 g/mol. The van der Waals surface area contributed by atoms with Crippen molar-refractivity contribution in [3.63, 3.8) is 0 Å². The monoisotopic (exact) mass is 227 g/mol. The fraction of sp³-hybridized carbons (Fsp3) is 0.182. The average Bonchev–Trinajstić information content (AvgIpc) is 2.54. The number of rotatable bonds is 1. The Morgan fingerprint density at radius 3 is 2.56 bits per heavy atom. The number of alkyl halides is 3. The van der Waals surface area contributed by atoms with Crippen molar-refractivity contribution in [2.45, 2.75) is 13.1 Å². The molecule has 1 aromatic heterocycles. The minimum Gasteiger partial charge on any atom is -0.359 e. The summed E-state index contributed by atoms with van der Waals surface area (Å²) in [6.07, 6.45) is -4.82. The van der Waals surface area contributed by atoms with Crippen LogP contribution >= 0.6 is 0 Å². The lowest BCUT2D eigenvalue weighted by Crippen LogP contribution is -2.22. The molecule has 0 amide bonds. The molecule has 0 atom stereocenters. The molecule has 0 spiro atoms. The highest BCUT2D eigenvalue weighted by Gasteiger charge is 2.39. The smallest absolute Gasteiger partial charge is 0.359 e. The first-order chi connectivity index (χ1) is 7.38. The summed E-state index contributed by atoms with van der Waals surface area (Å²) in [4.78, 5) is 13.9. The van der Waals surface area contributed by atoms with Crippen LogP contribution in [0.25, 0.3) is 10.9 Å². The Labute approximate surface area is 89.1 Å². The molecule has 2 rings (SSSR count). The summed E-state index contributed by atoms with van der Waals surface area (Å²) in [7, 11) is 0. The fourth-order valence-electron chi connectivity index (χ4n) is 1.58. The fourth-order valence-corrected chi connectivity index (χ4v) is 1.58. The molecule has 5 heteroatoms. The third-order valence-electron chi connectivity index (χ3n) is 2.28. The largest absolute Gasteiger partial charge is 0.454 e. The van der Waals surface area contributed by atoms with E-state index >= 15 is 0 Å². The van der Waals surface area contributed by atoms with E-state index in [0.29, 0.717) is 5.52 Å². The summed E-state index contributed by atoms with van der Waals surface area (Å²) >= 11 is 0. The molecule has 0 aliphatic carbocycles. The third-order valence-corrected chi connectivity index (χ3v) is 2.28. The van der Waals surface area contributed by atoms with E-state index in [0.717, 1.165) is 11.1 Å². The van der Waals surface area contributed by atoms with Gasteiger partial charge in [-0.15, -0.1) is 0 Å². The summed E-state index contributed by atoms with van der Waals surface area (Å²) in [5.41, 5.74) is 1.03. The number of benzene rings is 1. The van der Waals surface area contributed by atoms with Crippen LogP contribution in [0.1, 0.15) is 16.1 Å². The molecule has 0 bridgehead atoms. The number of hydrogen-bond acceptors (Lipinski definition) is 1. The molecule has 0 unspecified atom stereocenters. The van der Waals surface area contributed by atoms with Crippen LogP contribution in [0.4, 0.5) is 13.2 Å². The van der Waals surface area contributed by atoms with Gasteiger partial charge in [-0.2, -0.15) is 13.2 Å². The number of halogens is 3. The number of hydrogen-bond donors (Lipinski definition) is 1. The van der Waals surface area contributed by atoms with Crippen LogP contribution in [-0.2, 0) is 0 Å². The van der Waals surface area contributed by atoms with Gasteiger partial charge < -0.3 is 4.98 Å². The number of aromatic nitrogens is 1. The first kappa shape index (κ1) is 10.7. The number of nitrogens with one attached hydrogen (secondary N) is 1. The van der Waals surface area contributed by atoms with Gasteiger partial charge in [0, 0.05) is 16.8 Å². The maximum absolute atomic E-state index is 12.2. The minimum absolute atomic E-state index is 0.346. The summed E-state index contributed by atoms with van der Waals surface area (Å²) in [5.74, 6) is -1.82. The molecule has 16 heavy (non-hydrogen) atoms. The Kier molecular flexibility index (Phi) is 2.26. The van der Waals surface area contributed by atoms with Crippen molar-refractivity contribution < 1.29 is 18.0 Å². The Morgan fingerprint density at radius 2 is 1.94 bits per heavy atom. The van der Waals surface area contributed by atoms with Gasteiger partial charge in [0.05, 0.1) is 0 Å². The second-order valence-electron chi connectivity index (χ2n) is 3.58. The van der Waals surface area contributed by atoms with Gasteiger partial charge >= 0.3 is 6.18 Å². The Morgan fingerprint density at radius 1 is 1.25 bits per heavy atom. The zero-order valence-electron chi connectivity index (χ0n) is 8.35. The molecule has 0 fully saturated rings. The molecule has 1 N–H and O–H groups in total. The summed E-state index contributed by atoms with van der Waals surface area (Å²) in [6.45, 7) is 1.80. The lowest BCUT2D eigenvalue weighted by Gasteiger charge is -2.04. The third kappa shape index (κ3) is 1.80. The summed E-state index contributed by atoms with van der Waals surface area (Å²) < 4.78 is 36.5. The number of fused-ring (bicyclic) bond motifs is 1. The first-order valence-electron chi connectivity index (χ1n) is 4.59. The van der Waals surface area contributed by atoms with Gasteiger partial charge in [-0.1, -0.05) is 12.1 Å². The second kappa shape index (κ2) is 3.37. The second-order valence-corrected chi connectivity index (χ2v) is 3.58. The van der Waals surface area contributed by atoms with Crippen molar-refractivity contribution in [3.05, 3.63) is 35.5 Å². The highest BCUT2D eigenvalue weighted by atomic mass is 19.4. The highest BCUT2D eigenvalue weighted by Crippen LogP contribution is 2.24. The number of H-pyrrole nitrogens is 1. The van der Waals surface area contributed by atoms with E-state index in [4.69, 9.17) is 0 Å². The molecule has 1 heterocycles. The van der Waals surface area contributed by atoms with Gasteiger partial charge in [0.1, 0.15) is 0 Å². The maximum atomic E-state index is 12.2.